The van der Waals surface area contributed by atoms with Crippen LogP contribution in [0.1, 0.15) is 0 Å². The van der Waals surface area contributed by atoms with Gasteiger partial charge in [-0.05, 0) is 69.6 Å². The van der Waals surface area contributed by atoms with E-state index in [1.54, 1.807) is 0 Å². The van der Waals surface area contributed by atoms with Crippen molar-refractivity contribution >= 4 is 10.8 Å². The Morgan fingerprint density at radius 3 is 1.62 bits per heavy atom. The Labute approximate surface area is 232 Å². The van der Waals surface area contributed by atoms with Crippen LogP contribution in [0.3, 0.4) is 0 Å². The van der Waals surface area contributed by atoms with E-state index in [2.05, 4.69) is 109 Å². The number of rotatable bonds is 4. The zero-order valence-electron chi connectivity index (χ0n) is 21.7. The SMILES string of the molecule is c1ccc(-c2ccc(-c3ccc(-c4ccc(-c5ccc6c(c5)-c5cccc7cccc(c57)O6)o4)cc3)cc2)cc1. The first-order valence-corrected chi connectivity index (χ1v) is 13.5. The molecule has 0 unspecified atom stereocenters. The quantitative estimate of drug-likeness (QED) is 0.234. The van der Waals surface area contributed by atoms with Gasteiger partial charge < -0.3 is 9.15 Å². The van der Waals surface area contributed by atoms with Gasteiger partial charge in [-0.2, -0.15) is 0 Å². The van der Waals surface area contributed by atoms with Gasteiger partial charge in [0.15, 0.2) is 0 Å². The molecule has 2 heteroatoms. The number of hydrogen-bond donors (Lipinski definition) is 0. The molecule has 6 aromatic carbocycles. The molecule has 1 aromatic heterocycles. The van der Waals surface area contributed by atoms with Crippen LogP contribution >= 0.6 is 0 Å². The molecular weight excluding hydrogens is 488 g/mol. The van der Waals surface area contributed by atoms with Crippen LogP contribution in [0.4, 0.5) is 0 Å². The van der Waals surface area contributed by atoms with Gasteiger partial charge in [0.1, 0.15) is 23.0 Å². The van der Waals surface area contributed by atoms with E-state index in [9.17, 15) is 0 Å². The minimum Gasteiger partial charge on any atom is -0.456 e. The molecule has 0 aliphatic carbocycles. The van der Waals surface area contributed by atoms with Gasteiger partial charge in [-0.25, -0.2) is 0 Å². The fourth-order valence-corrected chi connectivity index (χ4v) is 5.68. The lowest BCUT2D eigenvalue weighted by Gasteiger charge is -2.21. The van der Waals surface area contributed by atoms with E-state index < -0.39 is 0 Å². The van der Waals surface area contributed by atoms with Crippen molar-refractivity contribution in [2.75, 3.05) is 0 Å². The molecule has 0 fully saturated rings. The van der Waals surface area contributed by atoms with Crippen molar-refractivity contribution in [1.82, 2.24) is 0 Å². The van der Waals surface area contributed by atoms with Crippen molar-refractivity contribution in [3.8, 4) is 67.5 Å². The molecule has 0 atom stereocenters. The normalized spacial score (nSPS) is 11.7. The van der Waals surface area contributed by atoms with E-state index in [4.69, 9.17) is 9.15 Å². The first kappa shape index (κ1) is 22.6. The Hall–Kier alpha value is -5.34. The molecule has 2 nitrogen and oxygen atoms in total. The third-order valence-electron chi connectivity index (χ3n) is 7.74. The minimum atomic E-state index is 0.837. The first-order chi connectivity index (χ1) is 19.8. The molecule has 0 amide bonds. The molecule has 8 rings (SSSR count). The van der Waals surface area contributed by atoms with Crippen molar-refractivity contribution in [2.45, 2.75) is 0 Å². The highest BCUT2D eigenvalue weighted by molar-refractivity contribution is 6.04. The van der Waals surface area contributed by atoms with E-state index >= 15 is 0 Å². The lowest BCUT2D eigenvalue weighted by molar-refractivity contribution is 0.487. The van der Waals surface area contributed by atoms with Crippen molar-refractivity contribution in [1.29, 1.82) is 0 Å². The third kappa shape index (κ3) is 3.81. The summed E-state index contributed by atoms with van der Waals surface area (Å²) < 4.78 is 12.6. The molecule has 0 radical (unpaired) electrons. The highest BCUT2D eigenvalue weighted by Crippen LogP contribution is 2.47. The number of benzene rings is 6. The predicted molar refractivity (Wildman–Crippen MR) is 163 cm³/mol. The Bertz CT molecular complexity index is 1990. The summed E-state index contributed by atoms with van der Waals surface area (Å²) in [6, 6.07) is 50.7. The van der Waals surface area contributed by atoms with E-state index in [1.165, 1.54) is 33.2 Å². The number of hydrogen-bond acceptors (Lipinski definition) is 2. The first-order valence-electron chi connectivity index (χ1n) is 13.5. The zero-order chi connectivity index (χ0) is 26.5. The Balaban J connectivity index is 1.07. The standard InChI is InChI=1S/C38H24O2/c1-2-6-25(7-3-1)26-12-14-27(15-13-26)28-16-18-29(19-17-28)34-22-23-35(39-34)31-20-21-36-33(24-31)32-10-4-8-30-9-5-11-37(40-36)38(30)32/h1-24H. The van der Waals surface area contributed by atoms with Gasteiger partial charge in [-0.3, -0.25) is 0 Å². The van der Waals surface area contributed by atoms with Crippen molar-refractivity contribution in [3.05, 3.63) is 146 Å². The van der Waals surface area contributed by atoms with Crippen LogP contribution in [0.15, 0.2) is 150 Å². The van der Waals surface area contributed by atoms with Gasteiger partial charge >= 0.3 is 0 Å². The van der Waals surface area contributed by atoms with Crippen LogP contribution in [-0.4, -0.2) is 0 Å². The van der Waals surface area contributed by atoms with Crippen LogP contribution in [0.25, 0.3) is 66.8 Å². The van der Waals surface area contributed by atoms with Crippen molar-refractivity contribution < 1.29 is 9.15 Å². The molecule has 188 valence electrons. The summed E-state index contributed by atoms with van der Waals surface area (Å²) in [5, 5.41) is 2.34. The average molecular weight is 513 g/mol. The van der Waals surface area contributed by atoms with Crippen LogP contribution in [-0.2, 0) is 0 Å². The molecule has 0 saturated heterocycles. The summed E-state index contributed by atoms with van der Waals surface area (Å²) in [4.78, 5) is 0. The van der Waals surface area contributed by atoms with Gasteiger partial charge in [0.2, 0.25) is 0 Å². The minimum absolute atomic E-state index is 0.837. The number of ether oxygens (including phenoxy) is 1. The fourth-order valence-electron chi connectivity index (χ4n) is 5.68. The highest BCUT2D eigenvalue weighted by Gasteiger charge is 2.20. The van der Waals surface area contributed by atoms with Crippen LogP contribution in [0.2, 0.25) is 0 Å². The maximum atomic E-state index is 6.36. The summed E-state index contributed by atoms with van der Waals surface area (Å²) in [7, 11) is 0. The third-order valence-corrected chi connectivity index (χ3v) is 7.74. The van der Waals surface area contributed by atoms with Crippen molar-refractivity contribution in [2.24, 2.45) is 0 Å². The number of furan rings is 1. The molecule has 7 aromatic rings. The molecule has 2 heterocycles. The van der Waals surface area contributed by atoms with Gasteiger partial charge in [-0.15, -0.1) is 0 Å². The monoisotopic (exact) mass is 512 g/mol. The second-order valence-electron chi connectivity index (χ2n) is 10.2. The predicted octanol–water partition coefficient (Wildman–Crippen LogP) is 10.9. The molecule has 0 saturated carbocycles. The average Bonchev–Trinajstić information content (AvgIpc) is 3.52. The molecule has 40 heavy (non-hydrogen) atoms. The second kappa shape index (κ2) is 9.14. The smallest absolute Gasteiger partial charge is 0.135 e. The largest absolute Gasteiger partial charge is 0.456 e. The van der Waals surface area contributed by atoms with Gasteiger partial charge in [0.05, 0.1) is 0 Å². The van der Waals surface area contributed by atoms with Crippen LogP contribution in [0, 0.1) is 0 Å². The summed E-state index contributed by atoms with van der Waals surface area (Å²) in [5.74, 6) is 3.46. The van der Waals surface area contributed by atoms with E-state index in [-0.39, 0.29) is 0 Å². The summed E-state index contributed by atoms with van der Waals surface area (Å²) >= 11 is 0. The molecule has 1 aliphatic heterocycles. The zero-order valence-corrected chi connectivity index (χ0v) is 21.7. The van der Waals surface area contributed by atoms with E-state index in [0.29, 0.717) is 0 Å². The molecule has 0 N–H and O–H groups in total. The summed E-state index contributed by atoms with van der Waals surface area (Å²) in [5.41, 5.74) is 9.18. The Kier molecular flexibility index (Phi) is 5.17. The van der Waals surface area contributed by atoms with Crippen LogP contribution in [0.5, 0.6) is 11.5 Å². The van der Waals surface area contributed by atoms with Gasteiger partial charge in [0, 0.05) is 22.1 Å². The summed E-state index contributed by atoms with van der Waals surface area (Å²) in [6.07, 6.45) is 0. The van der Waals surface area contributed by atoms with Gasteiger partial charge in [-0.1, -0.05) is 109 Å². The summed E-state index contributed by atoms with van der Waals surface area (Å²) in [6.45, 7) is 0. The molecule has 0 spiro atoms. The number of fused-ring (bicyclic) bond motifs is 2. The van der Waals surface area contributed by atoms with Crippen molar-refractivity contribution in [3.63, 3.8) is 0 Å². The maximum absolute atomic E-state index is 6.36. The fraction of sp³-hybridized carbons (Fsp3) is 0. The lowest BCUT2D eigenvalue weighted by Crippen LogP contribution is -1.97. The maximum Gasteiger partial charge on any atom is 0.135 e. The Morgan fingerprint density at radius 1 is 0.350 bits per heavy atom. The Morgan fingerprint density at radius 2 is 0.925 bits per heavy atom. The second-order valence-corrected chi connectivity index (χ2v) is 10.2. The lowest BCUT2D eigenvalue weighted by atomic mass is 9.93. The van der Waals surface area contributed by atoms with Gasteiger partial charge in [0.25, 0.3) is 0 Å². The van der Waals surface area contributed by atoms with E-state index in [1.807, 2.05) is 36.4 Å². The molecule has 0 bridgehead atoms. The van der Waals surface area contributed by atoms with Crippen LogP contribution < -0.4 is 4.74 Å². The molecule has 1 aliphatic rings. The molecular formula is C38H24O2. The highest BCUT2D eigenvalue weighted by atomic mass is 16.5. The topological polar surface area (TPSA) is 22.4 Å². The van der Waals surface area contributed by atoms with E-state index in [0.717, 1.165) is 45.1 Å².